The quantitative estimate of drug-likeness (QED) is 0.357. The number of carbonyl (C=O) groups excluding carboxylic acids is 2. The Labute approximate surface area is 186 Å². The molecule has 0 N–H and O–H groups in total. The summed E-state index contributed by atoms with van der Waals surface area (Å²) in [5.41, 5.74) is 0.470. The summed E-state index contributed by atoms with van der Waals surface area (Å²) in [6.45, 7) is 3.84. The van der Waals surface area contributed by atoms with Gasteiger partial charge in [0.15, 0.2) is 0 Å². The van der Waals surface area contributed by atoms with Crippen LogP contribution in [0.1, 0.15) is 19.4 Å². The minimum atomic E-state index is -0.984. The second-order valence-corrected chi connectivity index (χ2v) is 8.61. The maximum Gasteiger partial charge on any atom is 0.332 e. The van der Waals surface area contributed by atoms with E-state index >= 15 is 0 Å². The van der Waals surface area contributed by atoms with Crippen LogP contribution in [-0.4, -0.2) is 28.6 Å². The number of urea groups is 1. The molecule has 1 heterocycles. The summed E-state index contributed by atoms with van der Waals surface area (Å²) in [5.74, 6) is 1.14. The van der Waals surface area contributed by atoms with E-state index in [1.165, 1.54) is 16.7 Å². The molecule has 1 aliphatic heterocycles. The van der Waals surface area contributed by atoms with Crippen LogP contribution in [0, 0.1) is 0 Å². The number of carbonyl (C=O) groups is 2. The summed E-state index contributed by atoms with van der Waals surface area (Å²) in [5, 5.41) is 0. The fourth-order valence-electron chi connectivity index (χ4n) is 3.65. The van der Waals surface area contributed by atoms with Gasteiger partial charge in [0.25, 0.3) is 5.91 Å². The molecular weight excluding hydrogens is 408 g/mol. The number of hydrogen-bond donors (Lipinski definition) is 0. The first-order valence-corrected chi connectivity index (χ1v) is 11.3. The van der Waals surface area contributed by atoms with E-state index in [4.69, 9.17) is 4.74 Å². The van der Waals surface area contributed by atoms with Gasteiger partial charge in [0, 0.05) is 10.5 Å². The van der Waals surface area contributed by atoms with Crippen molar-refractivity contribution >= 4 is 29.4 Å². The van der Waals surface area contributed by atoms with Crippen molar-refractivity contribution in [3.8, 4) is 11.5 Å². The maximum atomic E-state index is 13.5. The number of amides is 3. The Morgan fingerprint density at radius 2 is 1.52 bits per heavy atom. The van der Waals surface area contributed by atoms with Gasteiger partial charge in [-0.3, -0.25) is 4.79 Å². The van der Waals surface area contributed by atoms with E-state index in [1.807, 2.05) is 85.1 Å². The molecule has 1 aliphatic rings. The van der Waals surface area contributed by atoms with Crippen LogP contribution < -0.4 is 9.64 Å². The third kappa shape index (κ3) is 3.91. The largest absolute Gasteiger partial charge is 0.457 e. The molecule has 6 heteroatoms. The number of ether oxygens (including phenoxy) is 1. The molecule has 0 spiro atoms. The molecule has 5 nitrogen and oxygen atoms in total. The zero-order valence-electron chi connectivity index (χ0n) is 17.7. The van der Waals surface area contributed by atoms with Gasteiger partial charge in [0.1, 0.15) is 17.0 Å². The Morgan fingerprint density at radius 1 is 0.871 bits per heavy atom. The lowest BCUT2D eigenvalue weighted by atomic mass is 10.0. The molecule has 0 unspecified atom stereocenters. The van der Waals surface area contributed by atoms with Crippen LogP contribution in [0.5, 0.6) is 11.5 Å². The number of para-hydroxylation sites is 3. The van der Waals surface area contributed by atoms with Crippen LogP contribution in [0.15, 0.2) is 83.8 Å². The van der Waals surface area contributed by atoms with Crippen LogP contribution >= 0.6 is 11.8 Å². The molecule has 158 valence electrons. The fourth-order valence-corrected chi connectivity index (χ4v) is 4.23. The number of rotatable bonds is 6. The number of anilines is 1. The molecule has 0 radical (unpaired) electrons. The molecule has 4 rings (SSSR count). The normalized spacial score (nSPS) is 15.5. The Balaban J connectivity index is 1.66. The third-order valence-corrected chi connectivity index (χ3v) is 6.21. The highest BCUT2D eigenvalue weighted by Gasteiger charge is 2.52. The summed E-state index contributed by atoms with van der Waals surface area (Å²) >= 11 is 1.51. The first kappa shape index (κ1) is 21.0. The van der Waals surface area contributed by atoms with Gasteiger partial charge < -0.3 is 9.64 Å². The molecular formula is C25H24N2O3S. The summed E-state index contributed by atoms with van der Waals surface area (Å²) < 4.78 is 6.06. The van der Waals surface area contributed by atoms with E-state index in [-0.39, 0.29) is 18.5 Å². The SMILES string of the molecule is CSc1ccccc1N1C(=O)N(Cc2ccccc2Oc2ccccc2)C(C)(C)C1=O. The Morgan fingerprint density at radius 3 is 2.26 bits per heavy atom. The van der Waals surface area contributed by atoms with Crippen molar-refractivity contribution < 1.29 is 14.3 Å². The van der Waals surface area contributed by atoms with E-state index in [1.54, 1.807) is 18.7 Å². The molecule has 31 heavy (non-hydrogen) atoms. The van der Waals surface area contributed by atoms with E-state index < -0.39 is 5.54 Å². The molecule has 1 fully saturated rings. The van der Waals surface area contributed by atoms with Crippen LogP contribution in [0.25, 0.3) is 0 Å². The van der Waals surface area contributed by atoms with Crippen LogP contribution in [0.2, 0.25) is 0 Å². The Bertz CT molecular complexity index is 1110. The predicted octanol–water partition coefficient (Wildman–Crippen LogP) is 5.95. The lowest BCUT2D eigenvalue weighted by molar-refractivity contribution is -0.123. The van der Waals surface area contributed by atoms with Crippen molar-refractivity contribution in [1.82, 2.24) is 4.90 Å². The molecule has 0 bridgehead atoms. The van der Waals surface area contributed by atoms with Crippen LogP contribution in [-0.2, 0) is 11.3 Å². The first-order chi connectivity index (χ1) is 14.9. The minimum absolute atomic E-state index is 0.236. The fraction of sp³-hybridized carbons (Fsp3) is 0.200. The highest BCUT2D eigenvalue weighted by atomic mass is 32.2. The second-order valence-electron chi connectivity index (χ2n) is 7.76. The lowest BCUT2D eigenvalue weighted by Crippen LogP contribution is -2.43. The van der Waals surface area contributed by atoms with E-state index in [9.17, 15) is 9.59 Å². The molecule has 0 saturated carbocycles. The molecule has 3 amide bonds. The van der Waals surface area contributed by atoms with Gasteiger partial charge in [-0.2, -0.15) is 0 Å². The monoisotopic (exact) mass is 432 g/mol. The highest BCUT2D eigenvalue weighted by Crippen LogP contribution is 2.38. The summed E-state index contributed by atoms with van der Waals surface area (Å²) in [4.78, 5) is 30.6. The van der Waals surface area contributed by atoms with Gasteiger partial charge in [-0.05, 0) is 50.4 Å². The predicted molar refractivity (Wildman–Crippen MR) is 124 cm³/mol. The number of benzene rings is 3. The smallest absolute Gasteiger partial charge is 0.332 e. The lowest BCUT2D eigenvalue weighted by Gasteiger charge is -2.28. The van der Waals surface area contributed by atoms with Gasteiger partial charge in [-0.25, -0.2) is 9.69 Å². The summed E-state index contributed by atoms with van der Waals surface area (Å²) in [6.07, 6.45) is 1.93. The van der Waals surface area contributed by atoms with Crippen molar-refractivity contribution in [2.75, 3.05) is 11.2 Å². The zero-order chi connectivity index (χ0) is 22.0. The van der Waals surface area contributed by atoms with Gasteiger partial charge in [0.2, 0.25) is 0 Å². The van der Waals surface area contributed by atoms with Crippen LogP contribution in [0.3, 0.4) is 0 Å². The highest BCUT2D eigenvalue weighted by molar-refractivity contribution is 7.98. The second kappa shape index (κ2) is 8.47. The minimum Gasteiger partial charge on any atom is -0.457 e. The number of nitrogens with zero attached hydrogens (tertiary/aromatic N) is 2. The van der Waals surface area contributed by atoms with Crippen molar-refractivity contribution in [1.29, 1.82) is 0 Å². The standard InChI is InChI=1S/C25H24N2O3S/c1-25(2)23(28)27(20-14-8-10-16-22(20)31-3)24(29)26(25)17-18-11-7-9-15-21(18)30-19-12-5-4-6-13-19/h4-16H,17H2,1-3H3. The average Bonchev–Trinajstić information content (AvgIpc) is 2.95. The number of hydrogen-bond acceptors (Lipinski definition) is 4. The van der Waals surface area contributed by atoms with E-state index in [0.717, 1.165) is 10.5 Å². The van der Waals surface area contributed by atoms with Gasteiger partial charge in [-0.15, -0.1) is 11.8 Å². The van der Waals surface area contributed by atoms with Gasteiger partial charge in [0.05, 0.1) is 12.2 Å². The summed E-state index contributed by atoms with van der Waals surface area (Å²) in [6, 6.07) is 24.2. The molecule has 0 atom stereocenters. The molecule has 1 saturated heterocycles. The van der Waals surface area contributed by atoms with E-state index in [0.29, 0.717) is 17.2 Å². The topological polar surface area (TPSA) is 49.9 Å². The van der Waals surface area contributed by atoms with E-state index in [2.05, 4.69) is 0 Å². The van der Waals surface area contributed by atoms with Crippen LogP contribution in [0.4, 0.5) is 10.5 Å². The molecule has 0 aliphatic carbocycles. The van der Waals surface area contributed by atoms with Crippen molar-refractivity contribution in [3.63, 3.8) is 0 Å². The third-order valence-electron chi connectivity index (χ3n) is 5.42. The Kier molecular flexibility index (Phi) is 5.74. The maximum absolute atomic E-state index is 13.5. The molecule has 0 aromatic heterocycles. The van der Waals surface area contributed by atoms with Gasteiger partial charge >= 0.3 is 6.03 Å². The summed E-state index contributed by atoms with van der Waals surface area (Å²) in [7, 11) is 0. The molecule has 3 aromatic rings. The first-order valence-electron chi connectivity index (χ1n) is 10.0. The van der Waals surface area contributed by atoms with Gasteiger partial charge in [-0.1, -0.05) is 48.5 Å². The van der Waals surface area contributed by atoms with Crippen molar-refractivity contribution in [2.24, 2.45) is 0 Å². The zero-order valence-corrected chi connectivity index (χ0v) is 18.6. The van der Waals surface area contributed by atoms with Crippen molar-refractivity contribution in [3.05, 3.63) is 84.4 Å². The molecule has 3 aromatic carbocycles. The number of imide groups is 1. The van der Waals surface area contributed by atoms with Crippen molar-refractivity contribution in [2.45, 2.75) is 30.8 Å². The Hall–Kier alpha value is -3.25. The number of thioether (sulfide) groups is 1. The average molecular weight is 433 g/mol.